The second-order valence-electron chi connectivity index (χ2n) is 4.38. The van der Waals surface area contributed by atoms with Crippen molar-refractivity contribution < 1.29 is 9.53 Å². The molecule has 1 atom stereocenters. The van der Waals surface area contributed by atoms with Crippen LogP contribution in [0.2, 0.25) is 5.02 Å². The SMILES string of the molecule is COc1ccc(N2CCC(=O)C(C)C2)cc1Cl. The highest BCUT2D eigenvalue weighted by atomic mass is 35.5. The minimum atomic E-state index is 0.102. The van der Waals surface area contributed by atoms with E-state index >= 15 is 0 Å². The quantitative estimate of drug-likeness (QED) is 0.812. The van der Waals surface area contributed by atoms with Crippen molar-refractivity contribution in [2.45, 2.75) is 13.3 Å². The van der Waals surface area contributed by atoms with Gasteiger partial charge in [-0.2, -0.15) is 0 Å². The molecular weight excluding hydrogens is 238 g/mol. The Morgan fingerprint density at radius 2 is 2.24 bits per heavy atom. The zero-order valence-corrected chi connectivity index (χ0v) is 10.8. The maximum Gasteiger partial charge on any atom is 0.139 e. The zero-order chi connectivity index (χ0) is 12.4. The molecule has 2 rings (SSSR count). The summed E-state index contributed by atoms with van der Waals surface area (Å²) in [5.41, 5.74) is 1.05. The van der Waals surface area contributed by atoms with Crippen LogP contribution in [0.25, 0.3) is 0 Å². The molecule has 1 unspecified atom stereocenters. The van der Waals surface area contributed by atoms with Crippen molar-refractivity contribution in [3.05, 3.63) is 23.2 Å². The Hall–Kier alpha value is -1.22. The fourth-order valence-electron chi connectivity index (χ4n) is 2.10. The van der Waals surface area contributed by atoms with Crippen LogP contribution >= 0.6 is 11.6 Å². The number of nitrogens with zero attached hydrogens (tertiary/aromatic N) is 1. The Morgan fingerprint density at radius 1 is 1.47 bits per heavy atom. The number of ketones is 1. The summed E-state index contributed by atoms with van der Waals surface area (Å²) in [7, 11) is 1.60. The third-order valence-corrected chi connectivity index (χ3v) is 3.47. The Balaban J connectivity index is 2.18. The molecule has 1 heterocycles. The van der Waals surface area contributed by atoms with Crippen molar-refractivity contribution in [2.75, 3.05) is 25.1 Å². The van der Waals surface area contributed by atoms with E-state index in [1.165, 1.54) is 0 Å². The van der Waals surface area contributed by atoms with Gasteiger partial charge < -0.3 is 9.64 Å². The topological polar surface area (TPSA) is 29.5 Å². The van der Waals surface area contributed by atoms with Gasteiger partial charge in [-0.25, -0.2) is 0 Å². The van der Waals surface area contributed by atoms with Crippen molar-refractivity contribution in [1.29, 1.82) is 0 Å². The summed E-state index contributed by atoms with van der Waals surface area (Å²) >= 11 is 6.10. The van der Waals surface area contributed by atoms with Gasteiger partial charge >= 0.3 is 0 Å². The third kappa shape index (κ3) is 2.55. The molecular formula is C13H16ClNO2. The highest BCUT2D eigenvalue weighted by Crippen LogP contribution is 2.30. The first-order valence-corrected chi connectivity index (χ1v) is 6.11. The molecule has 17 heavy (non-hydrogen) atoms. The van der Waals surface area contributed by atoms with E-state index in [9.17, 15) is 4.79 Å². The van der Waals surface area contributed by atoms with Crippen LogP contribution in [0, 0.1) is 5.92 Å². The van der Waals surface area contributed by atoms with E-state index in [1.54, 1.807) is 7.11 Å². The molecule has 1 fully saturated rings. The van der Waals surface area contributed by atoms with E-state index in [4.69, 9.17) is 16.3 Å². The van der Waals surface area contributed by atoms with E-state index in [2.05, 4.69) is 4.90 Å². The lowest BCUT2D eigenvalue weighted by Crippen LogP contribution is -2.39. The highest BCUT2D eigenvalue weighted by Gasteiger charge is 2.23. The predicted octanol–water partition coefficient (Wildman–Crippen LogP) is 2.76. The van der Waals surface area contributed by atoms with Crippen LogP contribution in [0.3, 0.4) is 0 Å². The van der Waals surface area contributed by atoms with Gasteiger partial charge in [-0.1, -0.05) is 18.5 Å². The summed E-state index contributed by atoms with van der Waals surface area (Å²) in [4.78, 5) is 13.7. The normalized spacial score (nSPS) is 20.5. The Labute approximate surface area is 106 Å². The molecule has 4 heteroatoms. The third-order valence-electron chi connectivity index (χ3n) is 3.17. The molecule has 1 aromatic rings. The van der Waals surface area contributed by atoms with E-state index < -0.39 is 0 Å². The number of Topliss-reactive ketones (excluding diaryl/α,β-unsaturated/α-hetero) is 1. The van der Waals surface area contributed by atoms with Crippen molar-refractivity contribution in [2.24, 2.45) is 5.92 Å². The van der Waals surface area contributed by atoms with Crippen LogP contribution in [0.1, 0.15) is 13.3 Å². The summed E-state index contributed by atoms with van der Waals surface area (Å²) in [6.07, 6.45) is 0.616. The fraction of sp³-hybridized carbons (Fsp3) is 0.462. The van der Waals surface area contributed by atoms with Gasteiger partial charge in [0.2, 0.25) is 0 Å². The Kier molecular flexibility index (Phi) is 3.57. The maximum atomic E-state index is 11.5. The lowest BCUT2D eigenvalue weighted by molar-refractivity contribution is -0.122. The van der Waals surface area contributed by atoms with Gasteiger partial charge in [0.25, 0.3) is 0 Å². The molecule has 0 radical (unpaired) electrons. The van der Waals surface area contributed by atoms with E-state index in [-0.39, 0.29) is 5.92 Å². The first-order valence-electron chi connectivity index (χ1n) is 5.73. The molecule has 3 nitrogen and oxygen atoms in total. The number of halogens is 1. The smallest absolute Gasteiger partial charge is 0.139 e. The number of rotatable bonds is 2. The van der Waals surface area contributed by atoms with Gasteiger partial charge in [-0.15, -0.1) is 0 Å². The average molecular weight is 254 g/mol. The average Bonchev–Trinajstić information content (AvgIpc) is 2.32. The Morgan fingerprint density at radius 3 is 2.82 bits per heavy atom. The van der Waals surface area contributed by atoms with Crippen LogP contribution in [-0.4, -0.2) is 26.0 Å². The van der Waals surface area contributed by atoms with Crippen molar-refractivity contribution in [1.82, 2.24) is 0 Å². The predicted molar refractivity (Wildman–Crippen MR) is 69.0 cm³/mol. The first kappa shape index (κ1) is 12.2. The molecule has 1 aromatic carbocycles. The summed E-state index contributed by atoms with van der Waals surface area (Å²) in [5, 5.41) is 0.606. The van der Waals surface area contributed by atoms with Gasteiger partial charge in [0.15, 0.2) is 0 Å². The molecule has 0 N–H and O–H groups in total. The lowest BCUT2D eigenvalue weighted by Gasteiger charge is -2.32. The number of methoxy groups -OCH3 is 1. The second kappa shape index (κ2) is 4.96. The number of benzene rings is 1. The van der Waals surface area contributed by atoms with Crippen molar-refractivity contribution in [3.63, 3.8) is 0 Å². The number of ether oxygens (including phenoxy) is 1. The van der Waals surface area contributed by atoms with Gasteiger partial charge in [-0.3, -0.25) is 4.79 Å². The van der Waals surface area contributed by atoms with E-state index in [0.29, 0.717) is 23.0 Å². The number of piperidine rings is 1. The van der Waals surface area contributed by atoms with Gasteiger partial charge in [-0.05, 0) is 18.2 Å². The molecule has 0 amide bonds. The lowest BCUT2D eigenvalue weighted by atomic mass is 9.98. The first-order chi connectivity index (χ1) is 8.11. The summed E-state index contributed by atoms with van der Waals surface area (Å²) < 4.78 is 5.12. The number of hydrogen-bond acceptors (Lipinski definition) is 3. The maximum absolute atomic E-state index is 11.5. The molecule has 0 bridgehead atoms. The fourth-order valence-corrected chi connectivity index (χ4v) is 2.35. The van der Waals surface area contributed by atoms with E-state index in [1.807, 2.05) is 25.1 Å². The number of carbonyl (C=O) groups is 1. The standard InChI is InChI=1S/C13H16ClNO2/c1-9-8-15(6-5-12(9)16)10-3-4-13(17-2)11(14)7-10/h3-4,7,9H,5-6,8H2,1-2H3. The molecule has 0 aliphatic carbocycles. The van der Waals surface area contributed by atoms with Crippen LogP contribution < -0.4 is 9.64 Å². The minimum absolute atomic E-state index is 0.102. The molecule has 0 aromatic heterocycles. The largest absolute Gasteiger partial charge is 0.495 e. The summed E-state index contributed by atoms with van der Waals surface area (Å²) in [6.45, 7) is 3.51. The molecule has 92 valence electrons. The molecule has 1 aliphatic rings. The zero-order valence-electron chi connectivity index (χ0n) is 10.1. The highest BCUT2D eigenvalue weighted by molar-refractivity contribution is 6.32. The van der Waals surface area contributed by atoms with Gasteiger partial charge in [0.1, 0.15) is 11.5 Å². The number of hydrogen-bond donors (Lipinski definition) is 0. The van der Waals surface area contributed by atoms with Gasteiger partial charge in [0.05, 0.1) is 12.1 Å². The molecule has 0 spiro atoms. The number of carbonyl (C=O) groups excluding carboxylic acids is 1. The molecule has 1 saturated heterocycles. The molecule has 0 saturated carbocycles. The van der Waals surface area contributed by atoms with Crippen molar-refractivity contribution >= 4 is 23.1 Å². The summed E-state index contributed by atoms with van der Waals surface area (Å²) in [5.74, 6) is 1.13. The summed E-state index contributed by atoms with van der Waals surface area (Å²) in [6, 6.07) is 5.73. The van der Waals surface area contributed by atoms with E-state index in [0.717, 1.165) is 18.8 Å². The Bertz CT molecular complexity index is 433. The van der Waals surface area contributed by atoms with Crippen LogP contribution in [-0.2, 0) is 4.79 Å². The second-order valence-corrected chi connectivity index (χ2v) is 4.79. The van der Waals surface area contributed by atoms with Crippen LogP contribution in [0.5, 0.6) is 5.75 Å². The molecule has 1 aliphatic heterocycles. The van der Waals surface area contributed by atoms with Crippen LogP contribution in [0.15, 0.2) is 18.2 Å². The van der Waals surface area contributed by atoms with Crippen LogP contribution in [0.4, 0.5) is 5.69 Å². The number of anilines is 1. The monoisotopic (exact) mass is 253 g/mol. The minimum Gasteiger partial charge on any atom is -0.495 e. The van der Waals surface area contributed by atoms with Gasteiger partial charge in [0, 0.05) is 31.1 Å². The van der Waals surface area contributed by atoms with Crippen molar-refractivity contribution in [3.8, 4) is 5.75 Å².